The number of anilines is 3. The molecule has 0 aliphatic carbocycles. The maximum Gasteiger partial charge on any atom is 0.274 e. The third kappa shape index (κ3) is 4.48. The van der Waals surface area contributed by atoms with Gasteiger partial charge in [0.05, 0.1) is 11.6 Å². The Balaban J connectivity index is 1.78. The van der Waals surface area contributed by atoms with Gasteiger partial charge >= 0.3 is 0 Å². The van der Waals surface area contributed by atoms with Crippen molar-refractivity contribution in [3.8, 4) is 6.07 Å². The molecular weight excluding hydrogens is 373 g/mol. The summed E-state index contributed by atoms with van der Waals surface area (Å²) < 4.78 is 0. The van der Waals surface area contributed by atoms with Gasteiger partial charge in [0.2, 0.25) is 5.95 Å². The number of hydrogen-bond donors (Lipinski definition) is 2. The van der Waals surface area contributed by atoms with Crippen LogP contribution in [0.3, 0.4) is 0 Å². The standard InChI is InChI=1S/C18H11Cl2N5O/c19-12-7-13(20)9-15(8-12)24-18-22-5-4-16(25-18)17(26)23-14-3-1-2-11(6-14)10-21/h1-9H,(H,23,26)(H,22,24,25). The van der Waals surface area contributed by atoms with E-state index in [1.54, 1.807) is 42.5 Å². The minimum atomic E-state index is -0.422. The Morgan fingerprint density at radius 3 is 2.54 bits per heavy atom. The van der Waals surface area contributed by atoms with E-state index in [0.717, 1.165) is 0 Å². The van der Waals surface area contributed by atoms with Gasteiger partial charge in [0, 0.05) is 27.6 Å². The second-order valence-electron chi connectivity index (χ2n) is 5.20. The summed E-state index contributed by atoms with van der Waals surface area (Å²) in [6.45, 7) is 0. The summed E-state index contributed by atoms with van der Waals surface area (Å²) in [6, 6.07) is 15.0. The number of amides is 1. The summed E-state index contributed by atoms with van der Waals surface area (Å²) in [5.41, 5.74) is 1.72. The molecule has 2 aromatic carbocycles. The minimum Gasteiger partial charge on any atom is -0.324 e. The van der Waals surface area contributed by atoms with E-state index in [9.17, 15) is 4.79 Å². The van der Waals surface area contributed by atoms with Crippen LogP contribution in [-0.4, -0.2) is 15.9 Å². The maximum atomic E-state index is 12.4. The van der Waals surface area contributed by atoms with Gasteiger partial charge in [0.1, 0.15) is 5.69 Å². The van der Waals surface area contributed by atoms with Crippen LogP contribution in [0, 0.1) is 11.3 Å². The van der Waals surface area contributed by atoms with E-state index in [1.807, 2.05) is 6.07 Å². The van der Waals surface area contributed by atoms with E-state index in [4.69, 9.17) is 28.5 Å². The molecule has 3 rings (SSSR count). The lowest BCUT2D eigenvalue weighted by Gasteiger charge is -2.08. The fourth-order valence-electron chi connectivity index (χ4n) is 2.16. The maximum absolute atomic E-state index is 12.4. The highest BCUT2D eigenvalue weighted by atomic mass is 35.5. The summed E-state index contributed by atoms with van der Waals surface area (Å²) in [4.78, 5) is 20.6. The monoisotopic (exact) mass is 383 g/mol. The van der Waals surface area contributed by atoms with Gasteiger partial charge < -0.3 is 10.6 Å². The molecule has 0 saturated heterocycles. The molecule has 2 N–H and O–H groups in total. The van der Waals surface area contributed by atoms with Crippen molar-refractivity contribution in [2.45, 2.75) is 0 Å². The number of aromatic nitrogens is 2. The molecule has 8 heteroatoms. The van der Waals surface area contributed by atoms with E-state index in [0.29, 0.717) is 27.0 Å². The fourth-order valence-corrected chi connectivity index (χ4v) is 2.69. The van der Waals surface area contributed by atoms with Crippen molar-refractivity contribution in [1.29, 1.82) is 5.26 Å². The lowest BCUT2D eigenvalue weighted by Crippen LogP contribution is -2.14. The lowest BCUT2D eigenvalue weighted by atomic mass is 10.2. The van der Waals surface area contributed by atoms with Gasteiger partial charge in [-0.15, -0.1) is 0 Å². The Labute approximate surface area is 159 Å². The third-order valence-corrected chi connectivity index (χ3v) is 3.69. The molecule has 26 heavy (non-hydrogen) atoms. The van der Waals surface area contributed by atoms with Crippen LogP contribution >= 0.6 is 23.2 Å². The first-order valence-corrected chi connectivity index (χ1v) is 8.17. The first kappa shape index (κ1) is 17.7. The number of halogens is 2. The largest absolute Gasteiger partial charge is 0.324 e. The third-order valence-electron chi connectivity index (χ3n) is 3.26. The molecule has 0 bridgehead atoms. The summed E-state index contributed by atoms with van der Waals surface area (Å²) in [7, 11) is 0. The molecule has 6 nitrogen and oxygen atoms in total. The molecular formula is C18H11Cl2N5O. The van der Waals surface area contributed by atoms with E-state index < -0.39 is 5.91 Å². The summed E-state index contributed by atoms with van der Waals surface area (Å²) >= 11 is 11.9. The van der Waals surface area contributed by atoms with Crippen LogP contribution in [0.2, 0.25) is 10.0 Å². The predicted octanol–water partition coefficient (Wildman–Crippen LogP) is 4.65. The minimum absolute atomic E-state index is 0.165. The van der Waals surface area contributed by atoms with Gasteiger partial charge in [0.25, 0.3) is 5.91 Å². The predicted molar refractivity (Wildman–Crippen MR) is 101 cm³/mol. The number of nitrogens with one attached hydrogen (secondary N) is 2. The molecule has 0 radical (unpaired) electrons. The average molecular weight is 384 g/mol. The van der Waals surface area contributed by atoms with E-state index >= 15 is 0 Å². The molecule has 3 aromatic rings. The Bertz CT molecular complexity index is 996. The zero-order chi connectivity index (χ0) is 18.5. The van der Waals surface area contributed by atoms with Gasteiger partial charge in [-0.3, -0.25) is 4.79 Å². The Morgan fingerprint density at radius 1 is 1.04 bits per heavy atom. The molecule has 1 heterocycles. The van der Waals surface area contributed by atoms with Crippen molar-refractivity contribution in [3.05, 3.63) is 76.0 Å². The summed E-state index contributed by atoms with van der Waals surface area (Å²) in [5, 5.41) is 15.5. The van der Waals surface area contributed by atoms with Crippen LogP contribution in [0.1, 0.15) is 16.1 Å². The molecule has 0 fully saturated rings. The van der Waals surface area contributed by atoms with Crippen molar-refractivity contribution in [3.63, 3.8) is 0 Å². The van der Waals surface area contributed by atoms with Gasteiger partial charge in [-0.05, 0) is 42.5 Å². The Morgan fingerprint density at radius 2 is 1.81 bits per heavy atom. The summed E-state index contributed by atoms with van der Waals surface area (Å²) in [5.74, 6) is -0.198. The van der Waals surface area contributed by atoms with Gasteiger partial charge in [-0.1, -0.05) is 29.3 Å². The molecule has 0 aliphatic rings. The van der Waals surface area contributed by atoms with Crippen molar-refractivity contribution in [2.75, 3.05) is 10.6 Å². The van der Waals surface area contributed by atoms with Gasteiger partial charge in [0.15, 0.2) is 0 Å². The molecule has 0 aliphatic heterocycles. The molecule has 0 spiro atoms. The van der Waals surface area contributed by atoms with Crippen LogP contribution in [-0.2, 0) is 0 Å². The SMILES string of the molecule is N#Cc1cccc(NC(=O)c2ccnc(Nc3cc(Cl)cc(Cl)c3)n2)c1. The van der Waals surface area contributed by atoms with Gasteiger partial charge in [-0.25, -0.2) is 9.97 Å². The molecule has 0 saturated carbocycles. The zero-order valence-electron chi connectivity index (χ0n) is 13.2. The van der Waals surface area contributed by atoms with Crippen LogP contribution in [0.15, 0.2) is 54.7 Å². The number of benzene rings is 2. The number of hydrogen-bond acceptors (Lipinski definition) is 5. The van der Waals surface area contributed by atoms with E-state index in [2.05, 4.69) is 20.6 Å². The van der Waals surface area contributed by atoms with Crippen molar-refractivity contribution in [1.82, 2.24) is 9.97 Å². The number of carbonyl (C=O) groups excluding carboxylic acids is 1. The molecule has 128 valence electrons. The van der Waals surface area contributed by atoms with E-state index in [1.165, 1.54) is 12.3 Å². The van der Waals surface area contributed by atoms with Crippen LogP contribution < -0.4 is 10.6 Å². The second kappa shape index (κ2) is 7.83. The number of nitrogens with zero attached hydrogens (tertiary/aromatic N) is 3. The van der Waals surface area contributed by atoms with Crippen molar-refractivity contribution in [2.24, 2.45) is 0 Å². The Hall–Kier alpha value is -3.14. The molecule has 1 aromatic heterocycles. The number of nitriles is 1. The first-order valence-electron chi connectivity index (χ1n) is 7.41. The normalized spacial score (nSPS) is 10.0. The first-order chi connectivity index (χ1) is 12.5. The number of carbonyl (C=O) groups is 1. The molecule has 1 amide bonds. The zero-order valence-corrected chi connectivity index (χ0v) is 14.7. The number of rotatable bonds is 4. The topological polar surface area (TPSA) is 90.7 Å². The Kier molecular flexibility index (Phi) is 5.32. The van der Waals surface area contributed by atoms with Crippen molar-refractivity contribution >= 4 is 46.4 Å². The van der Waals surface area contributed by atoms with Gasteiger partial charge in [-0.2, -0.15) is 5.26 Å². The highest BCUT2D eigenvalue weighted by Crippen LogP contribution is 2.24. The van der Waals surface area contributed by atoms with Crippen LogP contribution in [0.25, 0.3) is 0 Å². The highest BCUT2D eigenvalue weighted by molar-refractivity contribution is 6.35. The summed E-state index contributed by atoms with van der Waals surface area (Å²) in [6.07, 6.45) is 1.46. The van der Waals surface area contributed by atoms with E-state index in [-0.39, 0.29) is 11.6 Å². The van der Waals surface area contributed by atoms with Crippen LogP contribution in [0.5, 0.6) is 0 Å². The fraction of sp³-hybridized carbons (Fsp3) is 0. The molecule has 0 atom stereocenters. The highest BCUT2D eigenvalue weighted by Gasteiger charge is 2.10. The average Bonchev–Trinajstić information content (AvgIpc) is 2.61. The quantitative estimate of drug-likeness (QED) is 0.683. The van der Waals surface area contributed by atoms with Crippen LogP contribution in [0.4, 0.5) is 17.3 Å². The second-order valence-corrected chi connectivity index (χ2v) is 6.07. The smallest absolute Gasteiger partial charge is 0.274 e. The van der Waals surface area contributed by atoms with Crippen molar-refractivity contribution < 1.29 is 4.79 Å². The molecule has 0 unspecified atom stereocenters. The lowest BCUT2D eigenvalue weighted by molar-refractivity contribution is 0.102.